The summed E-state index contributed by atoms with van der Waals surface area (Å²) in [5.41, 5.74) is 0.115. The van der Waals surface area contributed by atoms with Gasteiger partial charge in [0.2, 0.25) is 0 Å². The fourth-order valence-corrected chi connectivity index (χ4v) is 4.09. The highest BCUT2D eigenvalue weighted by Crippen LogP contribution is 2.40. The van der Waals surface area contributed by atoms with Crippen LogP contribution in [0.25, 0.3) is 0 Å². The van der Waals surface area contributed by atoms with E-state index in [1.807, 2.05) is 56.0 Å². The second-order valence-electron chi connectivity index (χ2n) is 7.96. The normalized spacial score (nSPS) is 26.8. The lowest BCUT2D eigenvalue weighted by atomic mass is 9.86. The lowest BCUT2D eigenvalue weighted by Gasteiger charge is -2.43. The first-order chi connectivity index (χ1) is 11.4. The third-order valence-corrected chi connectivity index (χ3v) is 5.06. The number of nitrogens with zero attached hydrogens (tertiary/aromatic N) is 1. The molecule has 0 bridgehead atoms. The van der Waals surface area contributed by atoms with E-state index in [0.717, 1.165) is 25.7 Å². The van der Waals surface area contributed by atoms with Gasteiger partial charge in [-0.25, -0.2) is 4.79 Å². The van der Waals surface area contributed by atoms with Crippen molar-refractivity contribution in [3.05, 3.63) is 35.9 Å². The number of amides is 1. The van der Waals surface area contributed by atoms with Gasteiger partial charge in [0, 0.05) is 11.6 Å². The van der Waals surface area contributed by atoms with Crippen molar-refractivity contribution in [3.63, 3.8) is 0 Å². The van der Waals surface area contributed by atoms with Crippen LogP contribution in [-0.2, 0) is 9.53 Å². The Balaban J connectivity index is 1.89. The van der Waals surface area contributed by atoms with Crippen molar-refractivity contribution < 1.29 is 14.3 Å². The van der Waals surface area contributed by atoms with Crippen molar-refractivity contribution in [3.8, 4) is 0 Å². The number of carbonyl (C=O) groups excluding carboxylic acids is 2. The zero-order chi connectivity index (χ0) is 17.3. The number of esters is 1. The van der Waals surface area contributed by atoms with Crippen molar-refractivity contribution >= 4 is 11.9 Å². The molecule has 24 heavy (non-hydrogen) atoms. The average Bonchev–Trinajstić information content (AvgIpc) is 3.01. The zero-order valence-electron chi connectivity index (χ0n) is 14.8. The van der Waals surface area contributed by atoms with Crippen LogP contribution in [-0.4, -0.2) is 34.5 Å². The number of hydrogen-bond acceptors (Lipinski definition) is 3. The third-order valence-electron chi connectivity index (χ3n) is 5.06. The molecule has 4 nitrogen and oxygen atoms in total. The minimum Gasteiger partial charge on any atom is -0.458 e. The first kappa shape index (κ1) is 17.0. The molecule has 2 fully saturated rings. The minimum absolute atomic E-state index is 0.0388. The molecule has 0 radical (unpaired) electrons. The van der Waals surface area contributed by atoms with E-state index < -0.39 is 11.6 Å². The molecular formula is C20H27NO3. The fourth-order valence-electron chi connectivity index (χ4n) is 4.09. The van der Waals surface area contributed by atoms with Gasteiger partial charge in [0.05, 0.1) is 0 Å². The molecule has 4 heteroatoms. The fraction of sp³-hybridized carbons (Fsp3) is 0.600. The molecule has 1 aliphatic heterocycles. The maximum Gasteiger partial charge on any atom is 0.329 e. The van der Waals surface area contributed by atoms with E-state index in [9.17, 15) is 9.59 Å². The van der Waals surface area contributed by atoms with Crippen molar-refractivity contribution in [1.82, 2.24) is 4.90 Å². The Morgan fingerprint density at radius 2 is 1.75 bits per heavy atom. The number of ether oxygens (including phenoxy) is 1. The average molecular weight is 329 g/mol. The van der Waals surface area contributed by atoms with Crippen LogP contribution in [0.15, 0.2) is 30.3 Å². The largest absolute Gasteiger partial charge is 0.458 e. The van der Waals surface area contributed by atoms with Crippen molar-refractivity contribution in [1.29, 1.82) is 0 Å². The Kier molecular flexibility index (Phi) is 4.66. The van der Waals surface area contributed by atoms with Gasteiger partial charge in [0.15, 0.2) is 0 Å². The van der Waals surface area contributed by atoms with Crippen LogP contribution in [0.2, 0.25) is 0 Å². The molecule has 0 unspecified atom stereocenters. The molecule has 3 atom stereocenters. The van der Waals surface area contributed by atoms with Gasteiger partial charge in [-0.15, -0.1) is 0 Å². The summed E-state index contributed by atoms with van der Waals surface area (Å²) in [6, 6.07) is 8.99. The third kappa shape index (κ3) is 3.47. The molecule has 1 aliphatic carbocycles. The summed E-state index contributed by atoms with van der Waals surface area (Å²) in [5.74, 6) is 0.219. The van der Waals surface area contributed by atoms with Crippen molar-refractivity contribution in [2.24, 2.45) is 5.92 Å². The second kappa shape index (κ2) is 6.58. The van der Waals surface area contributed by atoms with Gasteiger partial charge >= 0.3 is 5.97 Å². The van der Waals surface area contributed by atoms with Crippen molar-refractivity contribution in [2.75, 3.05) is 0 Å². The maximum atomic E-state index is 13.1. The second-order valence-corrected chi connectivity index (χ2v) is 7.96. The number of hydrogen-bond donors (Lipinski definition) is 0. The Morgan fingerprint density at radius 3 is 2.42 bits per heavy atom. The highest BCUT2D eigenvalue weighted by atomic mass is 16.6. The molecule has 1 aromatic rings. The summed E-state index contributed by atoms with van der Waals surface area (Å²) >= 11 is 0. The molecule has 1 heterocycles. The summed E-state index contributed by atoms with van der Waals surface area (Å²) in [6.45, 7) is 5.61. The van der Waals surface area contributed by atoms with Crippen LogP contribution >= 0.6 is 0 Å². The predicted octanol–water partition coefficient (Wildman–Crippen LogP) is 3.80. The number of piperidine rings is 1. The Morgan fingerprint density at radius 1 is 1.04 bits per heavy atom. The van der Waals surface area contributed by atoms with Crippen molar-refractivity contribution in [2.45, 2.75) is 70.6 Å². The highest BCUT2D eigenvalue weighted by Gasteiger charge is 2.46. The van der Waals surface area contributed by atoms with E-state index in [2.05, 4.69) is 0 Å². The predicted molar refractivity (Wildman–Crippen MR) is 92.6 cm³/mol. The van der Waals surface area contributed by atoms with Crippen LogP contribution in [0.3, 0.4) is 0 Å². The number of carbonyl (C=O) groups is 2. The summed E-state index contributed by atoms with van der Waals surface area (Å²) < 4.78 is 5.61. The van der Waals surface area contributed by atoms with Gasteiger partial charge in [-0.05, 0) is 64.5 Å². The molecule has 1 saturated heterocycles. The molecule has 2 aliphatic rings. The van der Waals surface area contributed by atoms with Gasteiger partial charge in [-0.1, -0.05) is 24.6 Å². The Hall–Kier alpha value is -1.84. The summed E-state index contributed by atoms with van der Waals surface area (Å²) in [5, 5.41) is 0. The molecule has 1 aromatic carbocycles. The van der Waals surface area contributed by atoms with E-state index in [1.54, 1.807) is 0 Å². The SMILES string of the molecule is CC(C)(C)OC(=O)[C@H]1CC[C@H]2CCC[C@H]2N1C(=O)c1ccccc1. The Labute approximate surface area is 144 Å². The molecule has 0 spiro atoms. The van der Waals surface area contributed by atoms with E-state index in [1.165, 1.54) is 0 Å². The van der Waals surface area contributed by atoms with E-state index in [0.29, 0.717) is 17.9 Å². The highest BCUT2D eigenvalue weighted by molar-refractivity contribution is 5.97. The monoisotopic (exact) mass is 329 g/mol. The smallest absolute Gasteiger partial charge is 0.329 e. The molecule has 1 amide bonds. The van der Waals surface area contributed by atoms with Crippen LogP contribution in [0, 0.1) is 5.92 Å². The van der Waals surface area contributed by atoms with E-state index >= 15 is 0 Å². The van der Waals surface area contributed by atoms with Gasteiger partial charge in [-0.2, -0.15) is 0 Å². The number of fused-ring (bicyclic) bond motifs is 1. The van der Waals surface area contributed by atoms with E-state index in [-0.39, 0.29) is 17.9 Å². The lowest BCUT2D eigenvalue weighted by molar-refractivity contribution is -0.163. The number of rotatable bonds is 2. The van der Waals surface area contributed by atoms with Crippen LogP contribution in [0.1, 0.15) is 63.2 Å². The van der Waals surface area contributed by atoms with Crippen LogP contribution in [0.5, 0.6) is 0 Å². The number of benzene rings is 1. The molecular weight excluding hydrogens is 302 g/mol. The van der Waals surface area contributed by atoms with Crippen LogP contribution in [0.4, 0.5) is 0 Å². The van der Waals surface area contributed by atoms with Gasteiger partial charge < -0.3 is 9.64 Å². The molecule has 0 aromatic heterocycles. The molecule has 0 N–H and O–H groups in total. The minimum atomic E-state index is -0.537. The van der Waals surface area contributed by atoms with E-state index in [4.69, 9.17) is 4.74 Å². The summed E-state index contributed by atoms with van der Waals surface area (Å²) in [7, 11) is 0. The van der Waals surface area contributed by atoms with Gasteiger partial charge in [0.1, 0.15) is 11.6 Å². The standard InChI is InChI=1S/C20H27NO3/c1-20(2,3)24-19(23)17-13-12-14-10-7-11-16(14)21(17)18(22)15-8-5-4-6-9-15/h4-6,8-9,14,16-17H,7,10-13H2,1-3H3/t14-,16-,17-/m1/s1. The summed E-state index contributed by atoms with van der Waals surface area (Å²) in [4.78, 5) is 27.7. The maximum absolute atomic E-state index is 13.1. The first-order valence-corrected chi connectivity index (χ1v) is 8.97. The van der Waals surface area contributed by atoms with Crippen LogP contribution < -0.4 is 0 Å². The lowest BCUT2D eigenvalue weighted by Crippen LogP contribution is -2.56. The quantitative estimate of drug-likeness (QED) is 0.775. The molecule has 1 saturated carbocycles. The zero-order valence-corrected chi connectivity index (χ0v) is 14.8. The first-order valence-electron chi connectivity index (χ1n) is 8.97. The van der Waals surface area contributed by atoms with Gasteiger partial charge in [0.25, 0.3) is 5.91 Å². The Bertz CT molecular complexity index is 605. The molecule has 130 valence electrons. The molecule has 3 rings (SSSR count). The number of likely N-dealkylation sites (tertiary alicyclic amines) is 1. The summed E-state index contributed by atoms with van der Waals surface area (Å²) in [6.07, 6.45) is 4.99. The van der Waals surface area contributed by atoms with Gasteiger partial charge in [-0.3, -0.25) is 4.79 Å². The topological polar surface area (TPSA) is 46.6 Å².